The first kappa shape index (κ1) is 22.3. The molecule has 0 aliphatic heterocycles. The number of carbonyl (C=O) groups excluding carboxylic acids is 2. The van der Waals surface area contributed by atoms with Gasteiger partial charge >= 0.3 is 12.3 Å². The van der Waals surface area contributed by atoms with Crippen LogP contribution in [0, 0.1) is 0 Å². The van der Waals surface area contributed by atoms with Gasteiger partial charge in [-0.25, -0.2) is 9.48 Å². The lowest BCUT2D eigenvalue weighted by atomic mass is 10.2. The molecule has 1 aromatic heterocycles. The molecule has 7 nitrogen and oxygen atoms in total. The van der Waals surface area contributed by atoms with Gasteiger partial charge in [-0.15, -0.1) is 0 Å². The summed E-state index contributed by atoms with van der Waals surface area (Å²) in [6, 6.07) is 7.51. The molecule has 158 valence electrons. The zero-order valence-corrected chi connectivity index (χ0v) is 16.5. The van der Waals surface area contributed by atoms with Crippen LogP contribution in [0.1, 0.15) is 43.7 Å². The number of para-hydroxylation sites is 1. The summed E-state index contributed by atoms with van der Waals surface area (Å²) < 4.78 is 46.1. The molecule has 0 spiro atoms. The van der Waals surface area contributed by atoms with Crippen LogP contribution in [-0.4, -0.2) is 40.0 Å². The average molecular weight is 412 g/mol. The Bertz CT molecular complexity index is 858. The predicted molar refractivity (Wildman–Crippen MR) is 99.7 cm³/mol. The minimum atomic E-state index is -4.80. The first-order valence-electron chi connectivity index (χ1n) is 8.87. The predicted octanol–water partition coefficient (Wildman–Crippen LogP) is 3.53. The number of nitrogens with zero attached hydrogens (tertiary/aromatic N) is 2. The molecule has 1 unspecified atom stereocenters. The lowest BCUT2D eigenvalue weighted by Gasteiger charge is -2.21. The second-order valence-electron chi connectivity index (χ2n) is 7.43. The van der Waals surface area contributed by atoms with Gasteiger partial charge in [0.15, 0.2) is 5.69 Å². The molecule has 2 aromatic rings. The van der Waals surface area contributed by atoms with E-state index in [2.05, 4.69) is 15.7 Å². The van der Waals surface area contributed by atoms with E-state index in [1.54, 1.807) is 58.0 Å². The van der Waals surface area contributed by atoms with Crippen molar-refractivity contribution in [3.8, 4) is 5.69 Å². The summed E-state index contributed by atoms with van der Waals surface area (Å²) in [6.45, 7) is 6.61. The average Bonchev–Trinajstić information content (AvgIpc) is 3.05. The number of hydrogen-bond acceptors (Lipinski definition) is 4. The quantitative estimate of drug-likeness (QED) is 0.787. The molecule has 0 saturated carbocycles. The summed E-state index contributed by atoms with van der Waals surface area (Å²) in [5.41, 5.74) is -2.20. The number of rotatable bonds is 5. The Labute approximate surface area is 166 Å². The second kappa shape index (κ2) is 8.54. The van der Waals surface area contributed by atoms with Gasteiger partial charge in [0.25, 0.3) is 5.91 Å². The van der Waals surface area contributed by atoms with Crippen LogP contribution in [0.25, 0.3) is 5.69 Å². The third-order valence-corrected chi connectivity index (χ3v) is 3.58. The maximum absolute atomic E-state index is 13.4. The Morgan fingerprint density at radius 1 is 1.17 bits per heavy atom. The van der Waals surface area contributed by atoms with Gasteiger partial charge in [0.2, 0.25) is 0 Å². The topological polar surface area (TPSA) is 85.3 Å². The fraction of sp³-hybridized carbons (Fsp3) is 0.421. The molecule has 1 heterocycles. The standard InChI is InChI=1S/C19H23F3N4O3/c1-12(10-23-17(28)29-18(2,3)4)24-16(27)14-11-26(13-8-6-5-7-9-13)25-15(14)19(20,21)22/h5-9,11-12H,10H2,1-4H3,(H,23,28)(H,24,27). The zero-order chi connectivity index (χ0) is 21.8. The van der Waals surface area contributed by atoms with E-state index in [0.717, 1.165) is 10.9 Å². The molecule has 1 aromatic carbocycles. The van der Waals surface area contributed by atoms with E-state index in [0.29, 0.717) is 5.69 Å². The summed E-state index contributed by atoms with van der Waals surface area (Å²) in [5.74, 6) is -0.946. The van der Waals surface area contributed by atoms with Crippen molar-refractivity contribution in [3.05, 3.63) is 47.8 Å². The fourth-order valence-corrected chi connectivity index (χ4v) is 2.37. The Morgan fingerprint density at radius 2 is 1.79 bits per heavy atom. The number of aromatic nitrogens is 2. The minimum Gasteiger partial charge on any atom is -0.444 e. The van der Waals surface area contributed by atoms with Gasteiger partial charge in [0.05, 0.1) is 11.3 Å². The van der Waals surface area contributed by atoms with Crippen LogP contribution >= 0.6 is 0 Å². The number of benzene rings is 1. The van der Waals surface area contributed by atoms with E-state index >= 15 is 0 Å². The van der Waals surface area contributed by atoms with E-state index in [1.807, 2.05) is 0 Å². The smallest absolute Gasteiger partial charge is 0.435 e. The summed E-state index contributed by atoms with van der Waals surface area (Å²) in [6.07, 6.45) is -4.46. The molecule has 0 saturated heterocycles. The Morgan fingerprint density at radius 3 is 2.34 bits per heavy atom. The van der Waals surface area contributed by atoms with Crippen molar-refractivity contribution >= 4 is 12.0 Å². The number of alkyl halides is 3. The van der Waals surface area contributed by atoms with E-state index < -0.39 is 41.1 Å². The highest BCUT2D eigenvalue weighted by Crippen LogP contribution is 2.31. The number of ether oxygens (including phenoxy) is 1. The van der Waals surface area contributed by atoms with Gasteiger partial charge in [-0.2, -0.15) is 18.3 Å². The molecule has 10 heteroatoms. The van der Waals surface area contributed by atoms with Crippen LogP contribution in [0.3, 0.4) is 0 Å². The highest BCUT2D eigenvalue weighted by atomic mass is 19.4. The Balaban J connectivity index is 2.11. The van der Waals surface area contributed by atoms with E-state index in [1.165, 1.54) is 0 Å². The summed E-state index contributed by atoms with van der Waals surface area (Å²) in [7, 11) is 0. The molecule has 0 fully saturated rings. The molecular formula is C19H23F3N4O3. The number of alkyl carbamates (subject to hydrolysis) is 1. The number of amides is 2. The number of carbonyl (C=O) groups is 2. The first-order chi connectivity index (χ1) is 13.4. The fourth-order valence-electron chi connectivity index (χ4n) is 2.37. The minimum absolute atomic E-state index is 0.0190. The van der Waals surface area contributed by atoms with Crippen molar-refractivity contribution in [1.29, 1.82) is 0 Å². The molecule has 1 atom stereocenters. The van der Waals surface area contributed by atoms with Gasteiger partial charge in [-0.3, -0.25) is 4.79 Å². The van der Waals surface area contributed by atoms with Gasteiger partial charge in [-0.05, 0) is 39.8 Å². The van der Waals surface area contributed by atoms with Crippen LogP contribution in [0.4, 0.5) is 18.0 Å². The lowest BCUT2D eigenvalue weighted by molar-refractivity contribution is -0.141. The van der Waals surface area contributed by atoms with Crippen LogP contribution < -0.4 is 10.6 Å². The van der Waals surface area contributed by atoms with Gasteiger partial charge in [-0.1, -0.05) is 18.2 Å². The second-order valence-corrected chi connectivity index (χ2v) is 7.43. The Kier molecular flexibility index (Phi) is 6.55. The molecule has 0 aliphatic carbocycles. The third-order valence-electron chi connectivity index (χ3n) is 3.58. The normalized spacial score (nSPS) is 12.9. The number of hydrogen-bond donors (Lipinski definition) is 2. The largest absolute Gasteiger partial charge is 0.444 e. The van der Waals surface area contributed by atoms with Crippen molar-refractivity contribution in [2.24, 2.45) is 0 Å². The van der Waals surface area contributed by atoms with Crippen molar-refractivity contribution < 1.29 is 27.5 Å². The summed E-state index contributed by atoms with van der Waals surface area (Å²) >= 11 is 0. The van der Waals surface area contributed by atoms with Crippen molar-refractivity contribution in [3.63, 3.8) is 0 Å². The lowest BCUT2D eigenvalue weighted by Crippen LogP contribution is -2.43. The highest BCUT2D eigenvalue weighted by molar-refractivity contribution is 5.95. The highest BCUT2D eigenvalue weighted by Gasteiger charge is 2.39. The Hall–Kier alpha value is -3.04. The molecule has 2 N–H and O–H groups in total. The van der Waals surface area contributed by atoms with Crippen molar-refractivity contribution in [2.75, 3.05) is 6.54 Å². The number of halogens is 3. The van der Waals surface area contributed by atoms with E-state index in [9.17, 15) is 22.8 Å². The van der Waals surface area contributed by atoms with Crippen molar-refractivity contribution in [2.45, 2.75) is 45.5 Å². The number of nitrogens with one attached hydrogen (secondary N) is 2. The van der Waals surface area contributed by atoms with Crippen LogP contribution in [0.5, 0.6) is 0 Å². The maximum atomic E-state index is 13.4. The first-order valence-corrected chi connectivity index (χ1v) is 8.87. The van der Waals surface area contributed by atoms with Crippen LogP contribution in [-0.2, 0) is 10.9 Å². The van der Waals surface area contributed by atoms with Crippen LogP contribution in [0.15, 0.2) is 36.5 Å². The maximum Gasteiger partial charge on any atom is 0.435 e. The summed E-state index contributed by atoms with van der Waals surface area (Å²) in [5, 5.41) is 8.42. The van der Waals surface area contributed by atoms with Gasteiger partial charge < -0.3 is 15.4 Å². The monoisotopic (exact) mass is 412 g/mol. The molecule has 0 bridgehead atoms. The molecular weight excluding hydrogens is 389 g/mol. The van der Waals surface area contributed by atoms with Gasteiger partial charge in [0, 0.05) is 18.8 Å². The van der Waals surface area contributed by atoms with E-state index in [4.69, 9.17) is 4.74 Å². The molecule has 2 amide bonds. The molecule has 29 heavy (non-hydrogen) atoms. The summed E-state index contributed by atoms with van der Waals surface area (Å²) in [4.78, 5) is 24.1. The van der Waals surface area contributed by atoms with Gasteiger partial charge in [0.1, 0.15) is 5.60 Å². The molecule has 0 aliphatic rings. The zero-order valence-electron chi connectivity index (χ0n) is 16.5. The molecule has 2 rings (SSSR count). The van der Waals surface area contributed by atoms with Crippen molar-refractivity contribution in [1.82, 2.24) is 20.4 Å². The molecule has 0 radical (unpaired) electrons. The SMILES string of the molecule is CC(CNC(=O)OC(C)(C)C)NC(=O)c1cn(-c2ccccc2)nc1C(F)(F)F. The third kappa shape index (κ3) is 6.51. The van der Waals surface area contributed by atoms with E-state index in [-0.39, 0.29) is 6.54 Å². The van der Waals surface area contributed by atoms with Crippen LogP contribution in [0.2, 0.25) is 0 Å².